The van der Waals surface area contributed by atoms with E-state index in [4.69, 9.17) is 0 Å². The summed E-state index contributed by atoms with van der Waals surface area (Å²) in [5.74, 6) is 0.383. The number of hydrogen-bond donors (Lipinski definition) is 0. The maximum absolute atomic E-state index is 3.28. The molecule has 0 spiro atoms. The van der Waals surface area contributed by atoms with Gasteiger partial charge in [-0.3, -0.25) is 0 Å². The lowest BCUT2D eigenvalue weighted by molar-refractivity contribution is 0.852. The summed E-state index contributed by atoms with van der Waals surface area (Å²) in [6, 6.07) is 17.5. The zero-order valence-corrected chi connectivity index (χ0v) is 58.0. The summed E-state index contributed by atoms with van der Waals surface area (Å²) in [6.45, 7) is 83.3. The minimum absolute atomic E-state index is 0.383. The predicted molar refractivity (Wildman–Crippen MR) is 331 cm³/mol. The Morgan fingerprint density at radius 3 is 0.594 bits per heavy atom. The Morgan fingerprint density at radius 2 is 0.469 bits per heavy atom. The summed E-state index contributed by atoms with van der Waals surface area (Å²) in [7, 11) is -20.6. The van der Waals surface area contributed by atoms with Crippen LogP contribution in [-0.2, 0) is 0 Å². The highest BCUT2D eigenvalue weighted by molar-refractivity contribution is 7.28. The van der Waals surface area contributed by atoms with Crippen molar-refractivity contribution in [2.24, 2.45) is 5.92 Å². The summed E-state index contributed by atoms with van der Waals surface area (Å²) < 4.78 is 0. The second-order valence-electron chi connectivity index (χ2n) is 29.9. The Balaban J connectivity index is 2.95. The quantitative estimate of drug-likeness (QED) is 0.118. The Bertz CT molecular complexity index is 2030. The molecule has 0 fully saturated rings. The van der Waals surface area contributed by atoms with Gasteiger partial charge in [-0.1, -0.05) is 283 Å². The van der Waals surface area contributed by atoms with E-state index in [-0.39, 0.29) is 0 Å². The molecule has 0 nitrogen and oxygen atoms in total. The van der Waals surface area contributed by atoms with Gasteiger partial charge in [-0.05, 0) is 47.8 Å². The summed E-state index contributed by atoms with van der Waals surface area (Å²) in [6.07, 6.45) is 0. The van der Waals surface area contributed by atoms with Crippen LogP contribution in [0.4, 0.5) is 0 Å². The van der Waals surface area contributed by atoms with Crippen molar-refractivity contribution in [3.8, 4) is 0 Å². The molecule has 0 bridgehead atoms. The van der Waals surface area contributed by atoms with Crippen molar-refractivity contribution in [1.29, 1.82) is 0 Å². The molecule has 356 valence electrons. The number of benzene rings is 3. The van der Waals surface area contributed by atoms with Gasteiger partial charge in [0.05, 0.1) is 72.7 Å². The lowest BCUT2D eigenvalue weighted by atomic mass is 10.1. The average Bonchev–Trinajstić information content (AvgIpc) is 3.26. The van der Waals surface area contributed by atoms with Crippen LogP contribution >= 0.6 is 0 Å². The van der Waals surface area contributed by atoms with Crippen LogP contribution in [0.5, 0.6) is 0 Å². The molecule has 10 heteroatoms. The topological polar surface area (TPSA) is 0 Å². The Labute approximate surface area is 408 Å². The Morgan fingerprint density at radius 1 is 0.281 bits per heavy atom. The zero-order chi connectivity index (χ0) is 50.1. The van der Waals surface area contributed by atoms with Gasteiger partial charge >= 0.3 is 0 Å². The first-order valence-corrected chi connectivity index (χ1v) is 58.6. The van der Waals surface area contributed by atoms with Gasteiger partial charge in [0.1, 0.15) is 0 Å². The van der Waals surface area contributed by atoms with Crippen LogP contribution in [0.25, 0.3) is 0 Å². The summed E-state index contributed by atoms with van der Waals surface area (Å²) >= 11 is 0. The number of hydrogen-bond acceptors (Lipinski definition) is 0. The van der Waals surface area contributed by atoms with E-state index >= 15 is 0 Å². The van der Waals surface area contributed by atoms with Crippen LogP contribution in [0.1, 0.15) is 27.7 Å². The monoisotopic (exact) mass is 1030 g/mol. The molecule has 3 aromatic rings. The van der Waals surface area contributed by atoms with Gasteiger partial charge < -0.3 is 0 Å². The molecular formula is C54H100Si10. The van der Waals surface area contributed by atoms with E-state index in [2.05, 4.69) is 241 Å². The molecule has 0 N–H and O–H groups in total. The normalized spacial score (nSPS) is 17.0. The smallest absolute Gasteiger partial charge is 0.0656 e. The average molecular weight is 1030 g/mol. The van der Waals surface area contributed by atoms with E-state index in [0.29, 0.717) is 5.92 Å². The summed E-state index contributed by atoms with van der Waals surface area (Å²) in [4.78, 5) is 0. The molecule has 4 rings (SSSR count). The van der Waals surface area contributed by atoms with Crippen LogP contribution in [0.3, 0.4) is 0 Å². The third kappa shape index (κ3) is 10.6. The molecule has 0 saturated carbocycles. The van der Waals surface area contributed by atoms with Crippen LogP contribution in [0.15, 0.2) is 58.3 Å². The molecule has 0 aliphatic heterocycles. The van der Waals surface area contributed by atoms with Crippen LogP contribution in [-0.4, -0.2) is 80.7 Å². The van der Waals surface area contributed by atoms with Crippen molar-refractivity contribution in [2.45, 2.75) is 204 Å². The first-order chi connectivity index (χ1) is 28.1. The molecule has 3 aromatic carbocycles. The highest BCUT2D eigenvalue weighted by Crippen LogP contribution is 2.42. The van der Waals surface area contributed by atoms with Crippen LogP contribution in [0, 0.1) is 5.92 Å². The third-order valence-electron chi connectivity index (χ3n) is 15.0. The van der Waals surface area contributed by atoms with E-state index in [9.17, 15) is 0 Å². The van der Waals surface area contributed by atoms with Gasteiger partial charge in [-0.15, -0.1) is 0 Å². The second-order valence-corrected chi connectivity index (χ2v) is 78.9. The third-order valence-corrected chi connectivity index (χ3v) is 40.1. The largest absolute Gasteiger partial charge is 0.175 e. The van der Waals surface area contributed by atoms with Gasteiger partial charge in [0.25, 0.3) is 0 Å². The molecule has 0 saturated heterocycles. The van der Waals surface area contributed by atoms with Crippen molar-refractivity contribution < 1.29 is 0 Å². The number of rotatable bonds is 13. The zero-order valence-electron chi connectivity index (χ0n) is 48.0. The lowest BCUT2D eigenvalue weighted by Crippen LogP contribution is -2.90. The minimum Gasteiger partial charge on any atom is -0.0656 e. The van der Waals surface area contributed by atoms with Crippen LogP contribution < -0.4 is 62.2 Å². The lowest BCUT2D eigenvalue weighted by Gasteiger charge is -2.51. The molecule has 1 aliphatic carbocycles. The van der Waals surface area contributed by atoms with E-state index in [1.54, 1.807) is 32.3 Å². The van der Waals surface area contributed by atoms with E-state index in [1.807, 2.05) is 51.9 Å². The van der Waals surface area contributed by atoms with Gasteiger partial charge in [0.15, 0.2) is 8.07 Å². The molecular weight excluding hydrogens is 929 g/mol. The standard InChI is InChI=1S/C54H100Si10/c1-38-39(2)41(4)51(40(38)3)64(52-45(58(14,15)16)32-42(55(5,6)7)33-46(52)59(17,18)19,53-47(60(20,21)22)34-43(56(8,9)10)35-48(53)61(23,24)25)54-49(62(26,27)28)36-44(57(11,12)13)37-50(54)63(29,30)31/h32-37,40H,1-31H3. The summed E-state index contributed by atoms with van der Waals surface area (Å²) in [5, 5.41) is 23.6. The fraction of sp³-hybridized carbons (Fsp3) is 0.593. The molecule has 1 atom stereocenters. The SMILES string of the molecule is CC1=C(C)C(C)C([Si](c2c([Si](C)(C)C)cc([Si](C)(C)C)cc2[Si](C)(C)C)(c2c([Si](C)(C)C)cc([Si](C)(C)C)cc2[Si](C)(C)C)c2c([Si](C)(C)C)cc([Si](C)(C)C)cc2[Si](C)(C)C)=C1C. The maximum Gasteiger partial charge on any atom is 0.175 e. The minimum atomic E-state index is -3.28. The molecule has 0 radical (unpaired) electrons. The summed E-state index contributed by atoms with van der Waals surface area (Å²) in [5.41, 5.74) is 4.84. The van der Waals surface area contributed by atoms with Gasteiger partial charge in [0, 0.05) is 0 Å². The van der Waals surface area contributed by atoms with Gasteiger partial charge in [0.2, 0.25) is 0 Å². The first kappa shape index (κ1) is 55.9. The molecule has 64 heavy (non-hydrogen) atoms. The fourth-order valence-corrected chi connectivity index (χ4v) is 40.4. The fourth-order valence-electron chi connectivity index (χ4n) is 10.7. The Hall–Kier alpha value is -0.691. The van der Waals surface area contributed by atoms with Crippen molar-refractivity contribution in [3.05, 3.63) is 58.3 Å². The first-order valence-electron chi connectivity index (χ1n) is 25.1. The predicted octanol–water partition coefficient (Wildman–Crippen LogP) is 9.91. The molecule has 0 aromatic heterocycles. The van der Waals surface area contributed by atoms with Crippen molar-refractivity contribution >= 4 is 143 Å². The highest BCUT2D eigenvalue weighted by Gasteiger charge is 2.58. The van der Waals surface area contributed by atoms with E-state index in [1.165, 1.54) is 0 Å². The number of allylic oxidation sites excluding steroid dienone is 4. The van der Waals surface area contributed by atoms with E-state index < -0.39 is 80.7 Å². The van der Waals surface area contributed by atoms with Crippen molar-refractivity contribution in [3.63, 3.8) is 0 Å². The van der Waals surface area contributed by atoms with E-state index in [0.717, 1.165) is 0 Å². The molecule has 0 amide bonds. The molecule has 1 unspecified atom stereocenters. The van der Waals surface area contributed by atoms with Crippen molar-refractivity contribution in [1.82, 2.24) is 0 Å². The Kier molecular flexibility index (Phi) is 15.1. The molecule has 0 heterocycles. The highest BCUT2D eigenvalue weighted by atomic mass is 28.4. The maximum atomic E-state index is 2.92. The second kappa shape index (κ2) is 17.3. The van der Waals surface area contributed by atoms with Gasteiger partial charge in [-0.25, -0.2) is 0 Å². The van der Waals surface area contributed by atoms with Crippen LogP contribution in [0.2, 0.25) is 177 Å². The van der Waals surface area contributed by atoms with Gasteiger partial charge in [-0.2, -0.15) is 0 Å². The van der Waals surface area contributed by atoms with Crippen molar-refractivity contribution in [2.75, 3.05) is 0 Å². The molecule has 1 aliphatic rings.